The quantitative estimate of drug-likeness (QED) is 0.0643. The van der Waals surface area contributed by atoms with Crippen molar-refractivity contribution >= 4 is 58.5 Å². The molecule has 0 aliphatic heterocycles. The Morgan fingerprint density at radius 2 is 1.56 bits per heavy atom. The number of unbranched alkanes of at least 4 members (excludes halogenated alkanes) is 2. The SMILES string of the molecule is NC(=O)c1cc2c(Oc3ccc(NC(=O)C4(C(=O)Nc5ccc(F)cc5)CC4)cc3F)ccnc2cc1OCCCCCNC(=O)CS. The Morgan fingerprint density at radius 1 is 0.854 bits per heavy atom. The molecule has 5 rings (SSSR count). The van der Waals surface area contributed by atoms with Crippen LogP contribution >= 0.6 is 12.6 Å². The minimum absolute atomic E-state index is 0.0948. The van der Waals surface area contributed by atoms with E-state index in [9.17, 15) is 23.6 Å². The molecule has 0 unspecified atom stereocenters. The van der Waals surface area contributed by atoms with Gasteiger partial charge in [-0.1, -0.05) is 0 Å². The second kappa shape index (κ2) is 15.1. The van der Waals surface area contributed by atoms with Crippen molar-refractivity contribution in [1.29, 1.82) is 0 Å². The highest BCUT2D eigenvalue weighted by atomic mass is 32.1. The third-order valence-electron chi connectivity index (χ3n) is 7.74. The van der Waals surface area contributed by atoms with E-state index in [1.807, 2.05) is 0 Å². The Bertz CT molecular complexity index is 1850. The van der Waals surface area contributed by atoms with Gasteiger partial charge < -0.3 is 31.2 Å². The lowest BCUT2D eigenvalue weighted by atomic mass is 10.0. The third kappa shape index (κ3) is 8.18. The summed E-state index contributed by atoms with van der Waals surface area (Å²) in [5.41, 5.74) is 5.30. The molecule has 5 N–H and O–H groups in total. The minimum Gasteiger partial charge on any atom is -0.493 e. The van der Waals surface area contributed by atoms with E-state index in [1.165, 1.54) is 54.7 Å². The summed E-state index contributed by atoms with van der Waals surface area (Å²) >= 11 is 3.91. The van der Waals surface area contributed by atoms with Gasteiger partial charge in [-0.3, -0.25) is 24.2 Å². The molecule has 1 aliphatic rings. The number of pyridine rings is 1. The molecular weight excluding hydrogens is 644 g/mol. The van der Waals surface area contributed by atoms with Crippen molar-refractivity contribution < 1.29 is 37.4 Å². The van der Waals surface area contributed by atoms with Crippen molar-refractivity contribution in [2.45, 2.75) is 32.1 Å². The second-order valence-electron chi connectivity index (χ2n) is 11.2. The lowest BCUT2D eigenvalue weighted by Gasteiger charge is -2.16. The zero-order valence-corrected chi connectivity index (χ0v) is 26.6. The first-order chi connectivity index (χ1) is 23.1. The predicted molar refractivity (Wildman–Crippen MR) is 178 cm³/mol. The van der Waals surface area contributed by atoms with Gasteiger partial charge in [0.25, 0.3) is 5.91 Å². The third-order valence-corrected chi connectivity index (χ3v) is 8.03. The lowest BCUT2D eigenvalue weighted by Crippen LogP contribution is -2.35. The van der Waals surface area contributed by atoms with Gasteiger partial charge in [0.1, 0.15) is 22.7 Å². The van der Waals surface area contributed by atoms with E-state index in [0.717, 1.165) is 18.9 Å². The van der Waals surface area contributed by atoms with Crippen LogP contribution in [-0.2, 0) is 14.4 Å². The van der Waals surface area contributed by atoms with Crippen LogP contribution in [0.2, 0.25) is 0 Å². The summed E-state index contributed by atoms with van der Waals surface area (Å²) < 4.78 is 40.1. The molecule has 1 heterocycles. The van der Waals surface area contributed by atoms with Crippen LogP contribution in [0, 0.1) is 17.0 Å². The number of carbonyl (C=O) groups is 4. The summed E-state index contributed by atoms with van der Waals surface area (Å²) in [5, 5.41) is 8.35. The fourth-order valence-corrected chi connectivity index (χ4v) is 5.03. The summed E-state index contributed by atoms with van der Waals surface area (Å²) in [4.78, 5) is 53.8. The largest absolute Gasteiger partial charge is 0.493 e. The van der Waals surface area contributed by atoms with Crippen molar-refractivity contribution in [3.63, 3.8) is 0 Å². The topological polar surface area (TPSA) is 162 Å². The van der Waals surface area contributed by atoms with E-state index < -0.39 is 34.8 Å². The van der Waals surface area contributed by atoms with Gasteiger partial charge in [0.15, 0.2) is 11.6 Å². The molecule has 1 fully saturated rings. The molecule has 14 heteroatoms. The standard InChI is InChI=1S/C34H33F2N5O6S/c35-20-4-6-21(7-5-20)40-32(44)34(11-12-34)33(45)41-22-8-9-28(25(36)16-22)47-27-10-14-38-26-18-29(24(31(37)43)17-23(26)27)46-15-3-1-2-13-39-30(42)19-48/h4-10,14,16-18,48H,1-3,11-13,15,19H2,(H2,37,43)(H,39,42)(H,40,44)(H,41,45). The molecule has 3 aromatic carbocycles. The number of aromatic nitrogens is 1. The normalized spacial score (nSPS) is 13.0. The van der Waals surface area contributed by atoms with Crippen LogP contribution in [0.4, 0.5) is 20.2 Å². The molecule has 0 saturated heterocycles. The number of anilines is 2. The Balaban J connectivity index is 1.23. The van der Waals surface area contributed by atoms with Gasteiger partial charge in [-0.2, -0.15) is 12.6 Å². The van der Waals surface area contributed by atoms with Gasteiger partial charge in [-0.15, -0.1) is 0 Å². The number of ether oxygens (including phenoxy) is 2. The smallest absolute Gasteiger partial charge is 0.252 e. The number of hydrogen-bond acceptors (Lipinski definition) is 8. The van der Waals surface area contributed by atoms with Crippen molar-refractivity contribution in [1.82, 2.24) is 10.3 Å². The lowest BCUT2D eigenvalue weighted by molar-refractivity contribution is -0.131. The number of hydrogen-bond donors (Lipinski definition) is 5. The minimum atomic E-state index is -1.32. The highest BCUT2D eigenvalue weighted by Gasteiger charge is 2.56. The van der Waals surface area contributed by atoms with Gasteiger partial charge in [-0.25, -0.2) is 8.78 Å². The van der Waals surface area contributed by atoms with Crippen LogP contribution in [0.15, 0.2) is 66.9 Å². The molecule has 48 heavy (non-hydrogen) atoms. The van der Waals surface area contributed by atoms with Crippen LogP contribution in [0.1, 0.15) is 42.5 Å². The molecule has 0 atom stereocenters. The average Bonchev–Trinajstić information content (AvgIpc) is 3.89. The fraction of sp³-hybridized carbons (Fsp3) is 0.265. The van der Waals surface area contributed by atoms with Crippen LogP contribution in [0.5, 0.6) is 17.2 Å². The van der Waals surface area contributed by atoms with E-state index >= 15 is 4.39 Å². The van der Waals surface area contributed by atoms with Crippen molar-refractivity contribution in [3.05, 3.63) is 84.1 Å². The second-order valence-corrected chi connectivity index (χ2v) is 11.5. The fourth-order valence-electron chi connectivity index (χ4n) is 4.92. The summed E-state index contributed by atoms with van der Waals surface area (Å²) in [5.74, 6) is -2.83. The molecule has 1 aliphatic carbocycles. The number of benzene rings is 3. The van der Waals surface area contributed by atoms with Gasteiger partial charge in [-0.05, 0) is 80.6 Å². The number of halogens is 2. The Hall–Kier alpha value is -5.24. The van der Waals surface area contributed by atoms with E-state index in [1.54, 1.807) is 6.07 Å². The van der Waals surface area contributed by atoms with Gasteiger partial charge in [0.05, 0.1) is 23.4 Å². The van der Waals surface area contributed by atoms with Crippen LogP contribution in [0.25, 0.3) is 10.9 Å². The molecule has 1 saturated carbocycles. The van der Waals surface area contributed by atoms with Gasteiger partial charge >= 0.3 is 0 Å². The molecule has 4 amide bonds. The molecule has 0 spiro atoms. The summed E-state index contributed by atoms with van der Waals surface area (Å²) in [6, 6.07) is 13.5. The van der Waals surface area contributed by atoms with Crippen molar-refractivity contribution in [3.8, 4) is 17.2 Å². The Labute approximate surface area is 280 Å². The zero-order valence-electron chi connectivity index (χ0n) is 25.7. The summed E-state index contributed by atoms with van der Waals surface area (Å²) in [6.45, 7) is 0.836. The van der Waals surface area contributed by atoms with E-state index in [2.05, 4.69) is 33.6 Å². The molecule has 4 aromatic rings. The number of nitrogens with one attached hydrogen (secondary N) is 3. The zero-order chi connectivity index (χ0) is 34.3. The highest BCUT2D eigenvalue weighted by Crippen LogP contribution is 2.47. The van der Waals surface area contributed by atoms with Gasteiger partial charge in [0, 0.05) is 41.6 Å². The summed E-state index contributed by atoms with van der Waals surface area (Å²) in [6.07, 6.45) is 4.29. The number of fused-ring (bicyclic) bond motifs is 1. The number of nitrogens with zero attached hydrogens (tertiary/aromatic N) is 1. The monoisotopic (exact) mass is 677 g/mol. The first kappa shape index (κ1) is 34.1. The van der Waals surface area contributed by atoms with Crippen LogP contribution in [0.3, 0.4) is 0 Å². The summed E-state index contributed by atoms with van der Waals surface area (Å²) in [7, 11) is 0. The maximum atomic E-state index is 15.2. The molecule has 1 aromatic heterocycles. The number of carbonyl (C=O) groups excluding carboxylic acids is 4. The highest BCUT2D eigenvalue weighted by molar-refractivity contribution is 7.81. The Morgan fingerprint density at radius 3 is 2.23 bits per heavy atom. The molecule has 11 nitrogen and oxygen atoms in total. The number of thiol groups is 1. The number of rotatable bonds is 15. The van der Waals surface area contributed by atoms with E-state index in [0.29, 0.717) is 49.0 Å². The molecular formula is C34H33F2N5O6S. The molecule has 0 radical (unpaired) electrons. The van der Waals surface area contributed by atoms with Gasteiger partial charge in [0.2, 0.25) is 17.7 Å². The number of amides is 4. The number of primary amides is 1. The number of nitrogens with two attached hydrogens (primary N) is 1. The van der Waals surface area contributed by atoms with E-state index in [-0.39, 0.29) is 40.2 Å². The van der Waals surface area contributed by atoms with Crippen LogP contribution < -0.4 is 31.2 Å². The molecule has 0 bridgehead atoms. The molecule has 250 valence electrons. The van der Waals surface area contributed by atoms with Crippen molar-refractivity contribution in [2.75, 3.05) is 29.5 Å². The Kier molecular flexibility index (Phi) is 10.7. The maximum absolute atomic E-state index is 15.2. The van der Waals surface area contributed by atoms with E-state index in [4.69, 9.17) is 15.2 Å². The van der Waals surface area contributed by atoms with Crippen molar-refractivity contribution in [2.24, 2.45) is 11.1 Å². The maximum Gasteiger partial charge on any atom is 0.252 e. The first-order valence-corrected chi connectivity index (χ1v) is 15.8. The van der Waals surface area contributed by atoms with Crippen LogP contribution in [-0.4, -0.2) is 47.5 Å². The first-order valence-electron chi connectivity index (χ1n) is 15.2. The predicted octanol–water partition coefficient (Wildman–Crippen LogP) is 5.36. The average molecular weight is 678 g/mol.